The Hall–Kier alpha value is -2.41. The molecule has 1 spiro atoms. The van der Waals surface area contributed by atoms with Crippen molar-refractivity contribution in [2.75, 3.05) is 31.1 Å². The van der Waals surface area contributed by atoms with Gasteiger partial charge in [0.1, 0.15) is 5.69 Å². The van der Waals surface area contributed by atoms with Crippen molar-refractivity contribution in [3.8, 4) is 0 Å². The Morgan fingerprint density at radius 1 is 1.16 bits per heavy atom. The van der Waals surface area contributed by atoms with Gasteiger partial charge in [-0.2, -0.15) is 0 Å². The molecule has 1 aromatic carbocycles. The summed E-state index contributed by atoms with van der Waals surface area (Å²) in [6, 6.07) is 11.7. The topological polar surface area (TPSA) is 65.5 Å². The summed E-state index contributed by atoms with van der Waals surface area (Å²) in [5.74, 6) is 0.490. The van der Waals surface area contributed by atoms with Crippen LogP contribution in [-0.2, 0) is 4.79 Å². The number of piperidine rings is 1. The van der Waals surface area contributed by atoms with Crippen LogP contribution in [0.5, 0.6) is 0 Å². The van der Waals surface area contributed by atoms with E-state index in [0.29, 0.717) is 17.5 Å². The lowest BCUT2D eigenvalue weighted by atomic mass is 9.73. The second-order valence-corrected chi connectivity index (χ2v) is 10.6. The van der Waals surface area contributed by atoms with Crippen LogP contribution in [0.15, 0.2) is 47.1 Å². The summed E-state index contributed by atoms with van der Waals surface area (Å²) in [6.45, 7) is 5.63. The molecule has 1 saturated carbocycles. The first-order valence-corrected chi connectivity index (χ1v) is 12.3. The van der Waals surface area contributed by atoms with Crippen molar-refractivity contribution in [2.45, 2.75) is 38.6 Å². The molecular weight excluding hydrogens is 468 g/mol. The van der Waals surface area contributed by atoms with Crippen molar-refractivity contribution in [1.29, 1.82) is 0 Å². The minimum absolute atomic E-state index is 0.106. The number of halogens is 1. The first kappa shape index (κ1) is 21.4. The lowest BCUT2D eigenvalue weighted by Gasteiger charge is -2.55. The van der Waals surface area contributed by atoms with E-state index >= 15 is 0 Å². The van der Waals surface area contributed by atoms with E-state index in [1.54, 1.807) is 6.20 Å². The van der Waals surface area contributed by atoms with Crippen LogP contribution in [0.3, 0.4) is 0 Å². The molecule has 0 bridgehead atoms. The second-order valence-electron chi connectivity index (χ2n) is 9.64. The van der Waals surface area contributed by atoms with Gasteiger partial charge in [0, 0.05) is 53.9 Å². The standard InChI is InChI=1S/C25H29BrN4O2/c1-17(18-5-7-20(26)8-6-18)28-23(31)22-13-21(9-11-27-22)30-15-25(16-30)10-2-12-29(14-25)24(32)19-3-4-19/h5-9,11,13,17,19H,2-4,10,12,14-16H2,1H3,(H,28,31)/t17-/m1/s1. The summed E-state index contributed by atoms with van der Waals surface area (Å²) in [4.78, 5) is 34.1. The molecule has 3 aliphatic rings. The van der Waals surface area contributed by atoms with Gasteiger partial charge < -0.3 is 15.1 Å². The van der Waals surface area contributed by atoms with Gasteiger partial charge in [-0.05, 0) is 62.4 Å². The highest BCUT2D eigenvalue weighted by atomic mass is 79.9. The minimum Gasteiger partial charge on any atom is -0.370 e. The third-order valence-corrected chi connectivity index (χ3v) is 7.54. The molecule has 6 nitrogen and oxygen atoms in total. The molecule has 7 heteroatoms. The number of rotatable bonds is 5. The number of nitrogens with zero attached hydrogens (tertiary/aromatic N) is 3. The predicted octanol–water partition coefficient (Wildman–Crippen LogP) is 4.17. The molecule has 3 fully saturated rings. The summed E-state index contributed by atoms with van der Waals surface area (Å²) in [7, 11) is 0. The van der Waals surface area contributed by atoms with Gasteiger partial charge in [0.15, 0.2) is 0 Å². The molecule has 2 saturated heterocycles. The van der Waals surface area contributed by atoms with Gasteiger partial charge in [-0.1, -0.05) is 28.1 Å². The molecule has 1 aromatic heterocycles. The first-order valence-electron chi connectivity index (χ1n) is 11.5. The van der Waals surface area contributed by atoms with Crippen molar-refractivity contribution in [3.63, 3.8) is 0 Å². The number of hydrogen-bond acceptors (Lipinski definition) is 4. The van der Waals surface area contributed by atoms with Crippen molar-refractivity contribution >= 4 is 33.4 Å². The molecule has 32 heavy (non-hydrogen) atoms. The molecule has 1 aliphatic carbocycles. The molecular formula is C25H29BrN4O2. The summed E-state index contributed by atoms with van der Waals surface area (Å²) in [5, 5.41) is 3.05. The van der Waals surface area contributed by atoms with E-state index in [0.717, 1.165) is 61.2 Å². The molecule has 0 radical (unpaired) electrons. The minimum atomic E-state index is -0.170. The summed E-state index contributed by atoms with van der Waals surface area (Å²) >= 11 is 3.44. The highest BCUT2D eigenvalue weighted by Crippen LogP contribution is 2.43. The summed E-state index contributed by atoms with van der Waals surface area (Å²) in [6.07, 6.45) is 6.10. The molecule has 5 rings (SSSR count). The number of pyridine rings is 1. The Morgan fingerprint density at radius 2 is 1.91 bits per heavy atom. The zero-order valence-electron chi connectivity index (χ0n) is 18.4. The molecule has 2 aromatic rings. The zero-order chi connectivity index (χ0) is 22.3. The molecule has 168 valence electrons. The van der Waals surface area contributed by atoms with Crippen LogP contribution in [0.2, 0.25) is 0 Å². The maximum Gasteiger partial charge on any atom is 0.270 e. The first-order chi connectivity index (χ1) is 15.4. The van der Waals surface area contributed by atoms with Gasteiger partial charge in [0.25, 0.3) is 5.91 Å². The average molecular weight is 497 g/mol. The van der Waals surface area contributed by atoms with Crippen molar-refractivity contribution < 1.29 is 9.59 Å². The van der Waals surface area contributed by atoms with E-state index in [-0.39, 0.29) is 17.4 Å². The van der Waals surface area contributed by atoms with Gasteiger partial charge in [0.2, 0.25) is 5.91 Å². The van der Waals surface area contributed by atoms with E-state index in [1.807, 2.05) is 43.3 Å². The number of anilines is 1. The van der Waals surface area contributed by atoms with Gasteiger partial charge in [-0.3, -0.25) is 14.6 Å². The smallest absolute Gasteiger partial charge is 0.270 e. The quantitative estimate of drug-likeness (QED) is 0.674. The number of hydrogen-bond donors (Lipinski definition) is 1. The van der Waals surface area contributed by atoms with Crippen LogP contribution in [0.4, 0.5) is 5.69 Å². The Balaban J connectivity index is 1.20. The number of likely N-dealkylation sites (tertiary alicyclic amines) is 1. The molecule has 0 unspecified atom stereocenters. The lowest BCUT2D eigenvalue weighted by Crippen LogP contribution is -2.63. The maximum absolute atomic E-state index is 12.8. The Kier molecular flexibility index (Phi) is 5.70. The highest BCUT2D eigenvalue weighted by molar-refractivity contribution is 9.10. The molecule has 2 aliphatic heterocycles. The van der Waals surface area contributed by atoms with E-state index in [1.165, 1.54) is 6.42 Å². The van der Waals surface area contributed by atoms with E-state index in [4.69, 9.17) is 0 Å². The Bertz CT molecular complexity index is 1010. The van der Waals surface area contributed by atoms with E-state index < -0.39 is 0 Å². The normalized spacial score (nSPS) is 20.6. The SMILES string of the molecule is C[C@@H](NC(=O)c1cc(N2CC3(CCCN(C(=O)C4CC4)C3)C2)ccn1)c1ccc(Br)cc1. The largest absolute Gasteiger partial charge is 0.370 e. The molecule has 2 amide bonds. The van der Waals surface area contributed by atoms with Crippen LogP contribution in [-0.4, -0.2) is 47.9 Å². The predicted molar refractivity (Wildman–Crippen MR) is 127 cm³/mol. The van der Waals surface area contributed by atoms with Crippen LogP contribution in [0.1, 0.15) is 54.7 Å². The Morgan fingerprint density at radius 3 is 2.62 bits per heavy atom. The molecule has 1 N–H and O–H groups in total. The average Bonchev–Trinajstić information content (AvgIpc) is 3.63. The third kappa shape index (κ3) is 4.40. The number of aromatic nitrogens is 1. The summed E-state index contributed by atoms with van der Waals surface area (Å²) < 4.78 is 1.01. The van der Waals surface area contributed by atoms with Crippen LogP contribution in [0, 0.1) is 11.3 Å². The maximum atomic E-state index is 12.8. The fourth-order valence-corrected chi connectivity index (χ4v) is 5.30. The summed E-state index contributed by atoms with van der Waals surface area (Å²) in [5.41, 5.74) is 2.70. The fraction of sp³-hybridized carbons (Fsp3) is 0.480. The number of carbonyl (C=O) groups is 2. The number of amides is 2. The Labute approximate surface area is 197 Å². The van der Waals surface area contributed by atoms with Gasteiger partial charge >= 0.3 is 0 Å². The second kappa shape index (κ2) is 8.50. The van der Waals surface area contributed by atoms with Crippen molar-refractivity contribution in [1.82, 2.24) is 15.2 Å². The van der Waals surface area contributed by atoms with Crippen molar-refractivity contribution in [2.24, 2.45) is 11.3 Å². The van der Waals surface area contributed by atoms with Crippen LogP contribution < -0.4 is 10.2 Å². The third-order valence-electron chi connectivity index (χ3n) is 7.01. The van der Waals surface area contributed by atoms with Gasteiger partial charge in [-0.15, -0.1) is 0 Å². The van der Waals surface area contributed by atoms with Crippen LogP contribution in [0.25, 0.3) is 0 Å². The fourth-order valence-electron chi connectivity index (χ4n) is 5.03. The highest BCUT2D eigenvalue weighted by Gasteiger charge is 2.48. The van der Waals surface area contributed by atoms with Crippen LogP contribution >= 0.6 is 15.9 Å². The molecule has 1 atom stereocenters. The number of benzene rings is 1. The molecule has 3 heterocycles. The van der Waals surface area contributed by atoms with Gasteiger partial charge in [0.05, 0.1) is 6.04 Å². The number of nitrogens with one attached hydrogen (secondary N) is 1. The van der Waals surface area contributed by atoms with Crippen molar-refractivity contribution in [3.05, 3.63) is 58.3 Å². The monoisotopic (exact) mass is 496 g/mol. The van der Waals surface area contributed by atoms with Gasteiger partial charge in [-0.25, -0.2) is 0 Å². The van der Waals surface area contributed by atoms with E-state index in [9.17, 15) is 9.59 Å². The number of carbonyl (C=O) groups excluding carboxylic acids is 2. The lowest BCUT2D eigenvalue weighted by molar-refractivity contribution is -0.136. The zero-order valence-corrected chi connectivity index (χ0v) is 20.0. The van der Waals surface area contributed by atoms with E-state index in [2.05, 4.69) is 36.0 Å².